The molecule has 1 rings (SSSR count). The van der Waals surface area contributed by atoms with Crippen LogP contribution in [0, 0.1) is 5.82 Å². The predicted molar refractivity (Wildman–Crippen MR) is 59.8 cm³/mol. The molecule has 0 atom stereocenters. The maximum absolute atomic E-state index is 12.8. The largest absolute Gasteiger partial charge is 0.369 e. The summed E-state index contributed by atoms with van der Waals surface area (Å²) in [6, 6.07) is 2.23. The van der Waals surface area contributed by atoms with Gasteiger partial charge in [-0.25, -0.2) is 4.39 Å². The van der Waals surface area contributed by atoms with Crippen LogP contribution < -0.4 is 11.5 Å². The van der Waals surface area contributed by atoms with E-state index in [0.29, 0.717) is 5.56 Å². The number of hydrogen-bond donors (Lipinski definition) is 2. The Labute approximate surface area is 95.4 Å². The minimum absolute atomic E-state index is 0.134. The molecule has 0 heterocycles. The lowest BCUT2D eigenvalue weighted by atomic mass is 10.2. The van der Waals surface area contributed by atoms with Crippen LogP contribution in [0.1, 0.15) is 5.56 Å². The van der Waals surface area contributed by atoms with Gasteiger partial charge in [0, 0.05) is 5.56 Å². The molecule has 0 unspecified atom stereocenters. The molecule has 0 aliphatic heterocycles. The zero-order chi connectivity index (χ0) is 11.4. The van der Waals surface area contributed by atoms with E-state index in [1.54, 1.807) is 0 Å². The molecular formula is C8H7Cl2FN4. The number of rotatable bonds is 2. The number of benzene rings is 1. The first-order valence-electron chi connectivity index (χ1n) is 3.77. The van der Waals surface area contributed by atoms with E-state index >= 15 is 0 Å². The van der Waals surface area contributed by atoms with E-state index in [-0.39, 0.29) is 16.0 Å². The van der Waals surface area contributed by atoms with Crippen LogP contribution in [0.3, 0.4) is 0 Å². The summed E-state index contributed by atoms with van der Waals surface area (Å²) < 4.78 is 12.8. The summed E-state index contributed by atoms with van der Waals surface area (Å²) in [6.45, 7) is 0. The summed E-state index contributed by atoms with van der Waals surface area (Å²) in [6.07, 6.45) is 1.24. The van der Waals surface area contributed by atoms with Gasteiger partial charge in [0.1, 0.15) is 5.82 Å². The first kappa shape index (κ1) is 11.7. The Morgan fingerprint density at radius 3 is 2.27 bits per heavy atom. The minimum atomic E-state index is -0.524. The molecule has 7 heteroatoms. The topological polar surface area (TPSA) is 76.8 Å². The monoisotopic (exact) mass is 248 g/mol. The molecule has 0 fully saturated rings. The summed E-state index contributed by atoms with van der Waals surface area (Å²) in [4.78, 5) is 0. The second-order valence-electron chi connectivity index (χ2n) is 2.55. The second-order valence-corrected chi connectivity index (χ2v) is 3.37. The van der Waals surface area contributed by atoms with Crippen molar-refractivity contribution in [1.29, 1.82) is 0 Å². The van der Waals surface area contributed by atoms with E-state index in [2.05, 4.69) is 10.2 Å². The van der Waals surface area contributed by atoms with Crippen LogP contribution in [-0.4, -0.2) is 12.2 Å². The third-order valence-electron chi connectivity index (χ3n) is 1.40. The molecule has 4 N–H and O–H groups in total. The maximum atomic E-state index is 12.8. The van der Waals surface area contributed by atoms with E-state index in [9.17, 15) is 4.39 Å². The Kier molecular flexibility index (Phi) is 3.88. The predicted octanol–water partition coefficient (Wildman–Crippen LogP) is 1.74. The highest BCUT2D eigenvalue weighted by Gasteiger charge is 2.05. The SMILES string of the molecule is NC(N)=N/N=C/c1c(Cl)cc(F)cc1Cl. The molecule has 80 valence electrons. The van der Waals surface area contributed by atoms with Crippen molar-refractivity contribution < 1.29 is 4.39 Å². The number of nitrogens with two attached hydrogens (primary N) is 2. The fourth-order valence-electron chi connectivity index (χ4n) is 0.830. The van der Waals surface area contributed by atoms with Crippen LogP contribution in [0.4, 0.5) is 4.39 Å². The summed E-state index contributed by atoms with van der Waals surface area (Å²) >= 11 is 11.4. The number of nitrogens with zero attached hydrogens (tertiary/aromatic N) is 2. The van der Waals surface area contributed by atoms with Gasteiger partial charge in [-0.15, -0.1) is 5.10 Å². The zero-order valence-electron chi connectivity index (χ0n) is 7.42. The van der Waals surface area contributed by atoms with E-state index in [1.165, 1.54) is 6.21 Å². The van der Waals surface area contributed by atoms with Crippen LogP contribution in [0.15, 0.2) is 22.3 Å². The van der Waals surface area contributed by atoms with Crippen LogP contribution >= 0.6 is 23.2 Å². The van der Waals surface area contributed by atoms with Crippen molar-refractivity contribution in [1.82, 2.24) is 0 Å². The van der Waals surface area contributed by atoms with Crippen molar-refractivity contribution in [3.05, 3.63) is 33.6 Å². The average molecular weight is 249 g/mol. The lowest BCUT2D eigenvalue weighted by Crippen LogP contribution is -2.21. The maximum Gasteiger partial charge on any atom is 0.211 e. The lowest BCUT2D eigenvalue weighted by molar-refractivity contribution is 0.628. The quantitative estimate of drug-likeness (QED) is 0.475. The summed E-state index contributed by atoms with van der Waals surface area (Å²) in [5.74, 6) is -0.718. The van der Waals surface area contributed by atoms with Gasteiger partial charge >= 0.3 is 0 Å². The number of halogens is 3. The van der Waals surface area contributed by atoms with E-state index in [0.717, 1.165) is 12.1 Å². The van der Waals surface area contributed by atoms with Crippen molar-refractivity contribution in [3.63, 3.8) is 0 Å². The van der Waals surface area contributed by atoms with Crippen molar-refractivity contribution >= 4 is 35.4 Å². The molecule has 0 bridgehead atoms. The normalized spacial score (nSPS) is 10.6. The first-order chi connectivity index (χ1) is 7.00. The Morgan fingerprint density at radius 1 is 1.27 bits per heavy atom. The van der Waals surface area contributed by atoms with Gasteiger partial charge in [0.2, 0.25) is 5.96 Å². The first-order valence-corrected chi connectivity index (χ1v) is 4.53. The summed E-state index contributed by atoms with van der Waals surface area (Å²) in [7, 11) is 0. The highest BCUT2D eigenvalue weighted by atomic mass is 35.5. The Hall–Kier alpha value is -1.33. The molecule has 0 aliphatic rings. The molecule has 0 saturated carbocycles. The van der Waals surface area contributed by atoms with E-state index in [4.69, 9.17) is 34.7 Å². The van der Waals surface area contributed by atoms with Gasteiger partial charge in [0.15, 0.2) is 0 Å². The molecular weight excluding hydrogens is 242 g/mol. The molecule has 15 heavy (non-hydrogen) atoms. The summed E-state index contributed by atoms with van der Waals surface area (Å²) in [5, 5.41) is 7.14. The Morgan fingerprint density at radius 2 is 1.80 bits per heavy atom. The summed E-state index contributed by atoms with van der Waals surface area (Å²) in [5.41, 5.74) is 10.4. The van der Waals surface area contributed by atoms with E-state index in [1.807, 2.05) is 0 Å². The van der Waals surface area contributed by atoms with Crippen LogP contribution in [0.5, 0.6) is 0 Å². The van der Waals surface area contributed by atoms with Gasteiger partial charge in [-0.05, 0) is 12.1 Å². The molecule has 0 amide bonds. The van der Waals surface area contributed by atoms with Crippen LogP contribution in [0.2, 0.25) is 10.0 Å². The Balaban J connectivity index is 3.05. The van der Waals surface area contributed by atoms with Gasteiger partial charge < -0.3 is 11.5 Å². The van der Waals surface area contributed by atoms with Crippen molar-refractivity contribution in [3.8, 4) is 0 Å². The molecule has 0 aliphatic carbocycles. The molecule has 4 nitrogen and oxygen atoms in total. The second kappa shape index (κ2) is 4.95. The van der Waals surface area contributed by atoms with Gasteiger partial charge in [-0.2, -0.15) is 5.10 Å². The zero-order valence-corrected chi connectivity index (χ0v) is 8.93. The third kappa shape index (κ3) is 3.38. The molecule has 0 aromatic heterocycles. The van der Waals surface area contributed by atoms with Crippen LogP contribution in [-0.2, 0) is 0 Å². The highest BCUT2D eigenvalue weighted by Crippen LogP contribution is 2.24. The van der Waals surface area contributed by atoms with Gasteiger partial charge in [-0.3, -0.25) is 0 Å². The standard InChI is InChI=1S/C8H7Cl2FN4/c9-6-1-4(11)2-7(10)5(6)3-14-15-8(12)13/h1-3H,(H4,12,13,15)/b14-3+. The van der Waals surface area contributed by atoms with Gasteiger partial charge in [0.05, 0.1) is 16.3 Å². The molecule has 1 aromatic rings. The fraction of sp³-hybridized carbons (Fsp3) is 0. The number of guanidine groups is 1. The third-order valence-corrected chi connectivity index (χ3v) is 2.03. The average Bonchev–Trinajstić information content (AvgIpc) is 2.08. The molecule has 0 radical (unpaired) electrons. The molecule has 0 spiro atoms. The lowest BCUT2D eigenvalue weighted by Gasteiger charge is -2.00. The number of hydrogen-bond acceptors (Lipinski definition) is 2. The van der Waals surface area contributed by atoms with Crippen LogP contribution in [0.25, 0.3) is 0 Å². The molecule has 0 saturated heterocycles. The minimum Gasteiger partial charge on any atom is -0.369 e. The van der Waals surface area contributed by atoms with Gasteiger partial charge in [-0.1, -0.05) is 23.2 Å². The van der Waals surface area contributed by atoms with Crippen molar-refractivity contribution in [2.45, 2.75) is 0 Å². The highest BCUT2D eigenvalue weighted by molar-refractivity contribution is 6.38. The van der Waals surface area contributed by atoms with Crippen molar-refractivity contribution in [2.24, 2.45) is 21.7 Å². The molecule has 1 aromatic carbocycles. The van der Waals surface area contributed by atoms with Crippen molar-refractivity contribution in [2.75, 3.05) is 0 Å². The smallest absolute Gasteiger partial charge is 0.211 e. The Bertz CT molecular complexity index is 404. The van der Waals surface area contributed by atoms with E-state index < -0.39 is 5.82 Å². The van der Waals surface area contributed by atoms with Gasteiger partial charge in [0.25, 0.3) is 0 Å². The fourth-order valence-corrected chi connectivity index (χ4v) is 1.39.